The van der Waals surface area contributed by atoms with Gasteiger partial charge in [0.25, 0.3) is 0 Å². The number of aromatic nitrogens is 1. The summed E-state index contributed by atoms with van der Waals surface area (Å²) in [5, 5.41) is 5.77. The first-order chi connectivity index (χ1) is 15.0. The van der Waals surface area contributed by atoms with Gasteiger partial charge in [0.05, 0.1) is 11.7 Å². The van der Waals surface area contributed by atoms with Crippen molar-refractivity contribution in [3.8, 4) is 0 Å². The molecule has 1 aliphatic heterocycles. The topological polar surface area (TPSA) is 44.5 Å². The van der Waals surface area contributed by atoms with Crippen molar-refractivity contribution in [2.45, 2.75) is 28.5 Å². The zero-order valence-electron chi connectivity index (χ0n) is 17.5. The highest BCUT2D eigenvalue weighted by atomic mass is 35.5. The molecule has 0 bridgehead atoms. The molecule has 0 saturated carbocycles. The molecule has 3 heterocycles. The number of hydrogen-bond acceptors (Lipinski definition) is 5. The van der Waals surface area contributed by atoms with E-state index in [0.717, 1.165) is 51.1 Å². The van der Waals surface area contributed by atoms with Crippen LogP contribution in [0.25, 0.3) is 0 Å². The van der Waals surface area contributed by atoms with Gasteiger partial charge in [-0.3, -0.25) is 4.98 Å². The Hall–Kier alpha value is -2.06. The third-order valence-corrected chi connectivity index (χ3v) is 6.66. The van der Waals surface area contributed by atoms with Crippen molar-refractivity contribution in [2.24, 2.45) is 0 Å². The maximum atomic E-state index is 6.31. The highest BCUT2D eigenvalue weighted by Crippen LogP contribution is 2.41. The maximum Gasteiger partial charge on any atom is 0.170 e. The summed E-state index contributed by atoms with van der Waals surface area (Å²) in [5.41, 5.74) is 0.952. The SMILES string of the molecule is CN(C)CCCN1C(=S)N[C@H](c2ccccn2)[C@H]1c1ccc(Sc2ccc(Cl)cc2)o1. The molecule has 0 unspecified atom stereocenters. The lowest BCUT2D eigenvalue weighted by molar-refractivity contribution is 0.249. The second-order valence-corrected chi connectivity index (χ2v) is 9.59. The summed E-state index contributed by atoms with van der Waals surface area (Å²) in [7, 11) is 4.17. The molecule has 4 rings (SSSR count). The highest BCUT2D eigenvalue weighted by Gasteiger charge is 2.41. The predicted octanol–water partition coefficient (Wildman–Crippen LogP) is 5.40. The van der Waals surface area contributed by atoms with Crippen molar-refractivity contribution in [1.82, 2.24) is 20.1 Å². The average Bonchev–Trinajstić information content (AvgIpc) is 3.34. The van der Waals surface area contributed by atoms with Crippen molar-refractivity contribution in [1.29, 1.82) is 0 Å². The zero-order valence-corrected chi connectivity index (χ0v) is 19.9. The summed E-state index contributed by atoms with van der Waals surface area (Å²) in [6, 6.07) is 17.7. The van der Waals surface area contributed by atoms with Crippen LogP contribution in [0.1, 0.15) is 30.0 Å². The fraction of sp³-hybridized carbons (Fsp3) is 0.304. The second kappa shape index (κ2) is 10.0. The minimum Gasteiger partial charge on any atom is -0.452 e. The Balaban J connectivity index is 1.59. The van der Waals surface area contributed by atoms with Gasteiger partial charge < -0.3 is 19.5 Å². The fourth-order valence-corrected chi connectivity index (χ4v) is 4.92. The quantitative estimate of drug-likeness (QED) is 0.440. The van der Waals surface area contributed by atoms with E-state index in [1.54, 1.807) is 11.8 Å². The Labute approximate surface area is 197 Å². The first-order valence-corrected chi connectivity index (χ1v) is 11.8. The van der Waals surface area contributed by atoms with Gasteiger partial charge in [0.15, 0.2) is 10.2 Å². The fourth-order valence-electron chi connectivity index (χ4n) is 3.68. The average molecular weight is 473 g/mol. The van der Waals surface area contributed by atoms with Gasteiger partial charge in [-0.2, -0.15) is 0 Å². The van der Waals surface area contributed by atoms with Crippen LogP contribution in [0.4, 0.5) is 0 Å². The van der Waals surface area contributed by atoms with Crippen LogP contribution < -0.4 is 5.32 Å². The molecule has 0 amide bonds. The van der Waals surface area contributed by atoms with E-state index in [-0.39, 0.29) is 12.1 Å². The summed E-state index contributed by atoms with van der Waals surface area (Å²) in [6.45, 7) is 1.84. The number of thiocarbonyl (C=S) groups is 1. The third-order valence-electron chi connectivity index (χ3n) is 5.13. The number of hydrogen-bond donors (Lipinski definition) is 1. The highest BCUT2D eigenvalue weighted by molar-refractivity contribution is 7.99. The number of halogens is 1. The van der Waals surface area contributed by atoms with E-state index in [4.69, 9.17) is 28.2 Å². The van der Waals surface area contributed by atoms with Crippen LogP contribution in [0, 0.1) is 0 Å². The van der Waals surface area contributed by atoms with E-state index in [1.807, 2.05) is 60.8 Å². The Morgan fingerprint density at radius 1 is 1.16 bits per heavy atom. The minimum atomic E-state index is -0.0624. The Bertz CT molecular complexity index is 1010. The number of pyridine rings is 1. The van der Waals surface area contributed by atoms with Gasteiger partial charge in [-0.05, 0) is 87.8 Å². The zero-order chi connectivity index (χ0) is 21.8. The molecular formula is C23H25ClN4OS2. The van der Waals surface area contributed by atoms with Gasteiger partial charge in [0.1, 0.15) is 11.8 Å². The van der Waals surface area contributed by atoms with Crippen molar-refractivity contribution >= 4 is 40.7 Å². The molecule has 2 aromatic heterocycles. The van der Waals surface area contributed by atoms with E-state index in [9.17, 15) is 0 Å². The first kappa shape index (κ1) is 22.1. The first-order valence-electron chi connectivity index (χ1n) is 10.2. The Morgan fingerprint density at radius 2 is 1.97 bits per heavy atom. The molecular weight excluding hydrogens is 448 g/mol. The van der Waals surface area contributed by atoms with Crippen molar-refractivity contribution in [3.05, 3.63) is 77.3 Å². The molecule has 1 aliphatic rings. The monoisotopic (exact) mass is 472 g/mol. The van der Waals surface area contributed by atoms with Crippen LogP contribution in [0.15, 0.2) is 75.2 Å². The predicted molar refractivity (Wildman–Crippen MR) is 130 cm³/mol. The van der Waals surface area contributed by atoms with Crippen molar-refractivity contribution in [3.63, 3.8) is 0 Å². The van der Waals surface area contributed by atoms with Crippen LogP contribution in [0.3, 0.4) is 0 Å². The number of rotatable bonds is 8. The van der Waals surface area contributed by atoms with Gasteiger partial charge in [-0.25, -0.2) is 0 Å². The molecule has 1 N–H and O–H groups in total. The van der Waals surface area contributed by atoms with Crippen LogP contribution in [0.5, 0.6) is 0 Å². The van der Waals surface area contributed by atoms with Gasteiger partial charge in [0, 0.05) is 22.7 Å². The molecule has 5 nitrogen and oxygen atoms in total. The summed E-state index contributed by atoms with van der Waals surface area (Å²) >= 11 is 13.3. The molecule has 2 atom stereocenters. The number of nitrogens with one attached hydrogen (secondary N) is 1. The van der Waals surface area contributed by atoms with Gasteiger partial charge >= 0.3 is 0 Å². The standard InChI is InChI=1S/C23H25ClN4OS2/c1-27(2)14-5-15-28-22(21(26-23(28)30)18-6-3-4-13-25-18)19-11-12-20(29-19)31-17-9-7-16(24)8-10-17/h3-4,6-13,21-22H,5,14-15H2,1-2H3,(H,26,30)/t21-,22-/m1/s1. The van der Waals surface area contributed by atoms with Crippen molar-refractivity contribution in [2.75, 3.05) is 27.2 Å². The van der Waals surface area contributed by atoms with Gasteiger partial charge in [-0.15, -0.1) is 0 Å². The Kier molecular flexibility index (Phi) is 7.17. The van der Waals surface area contributed by atoms with E-state index in [1.165, 1.54) is 0 Å². The van der Waals surface area contributed by atoms with E-state index in [2.05, 4.69) is 34.2 Å². The number of furan rings is 1. The maximum absolute atomic E-state index is 6.31. The normalized spacial score (nSPS) is 18.6. The van der Waals surface area contributed by atoms with Crippen LogP contribution in [-0.2, 0) is 0 Å². The summed E-state index contributed by atoms with van der Waals surface area (Å²) < 4.78 is 6.31. The Morgan fingerprint density at radius 3 is 2.68 bits per heavy atom. The smallest absolute Gasteiger partial charge is 0.170 e. The van der Waals surface area contributed by atoms with Crippen LogP contribution in [-0.4, -0.2) is 47.1 Å². The lowest BCUT2D eigenvalue weighted by atomic mass is 10.0. The summed E-state index contributed by atoms with van der Waals surface area (Å²) in [4.78, 5) is 10.1. The molecule has 3 aromatic rings. The molecule has 0 radical (unpaired) electrons. The minimum absolute atomic E-state index is 0.0517. The molecule has 31 heavy (non-hydrogen) atoms. The molecule has 162 valence electrons. The second-order valence-electron chi connectivity index (χ2n) is 7.69. The summed E-state index contributed by atoms with van der Waals surface area (Å²) in [6.07, 6.45) is 2.82. The van der Waals surface area contributed by atoms with Gasteiger partial charge in [-0.1, -0.05) is 29.4 Å². The van der Waals surface area contributed by atoms with Gasteiger partial charge in [0.2, 0.25) is 0 Å². The number of nitrogens with zero attached hydrogens (tertiary/aromatic N) is 3. The molecule has 1 aromatic carbocycles. The lowest BCUT2D eigenvalue weighted by Crippen LogP contribution is -2.32. The molecule has 1 fully saturated rings. The molecule has 8 heteroatoms. The lowest BCUT2D eigenvalue weighted by Gasteiger charge is -2.26. The molecule has 0 aliphatic carbocycles. The largest absolute Gasteiger partial charge is 0.452 e. The summed E-state index contributed by atoms with van der Waals surface area (Å²) in [5.74, 6) is 0.879. The van der Waals surface area contributed by atoms with Crippen LogP contribution in [0.2, 0.25) is 5.02 Å². The van der Waals surface area contributed by atoms with E-state index in [0.29, 0.717) is 0 Å². The van der Waals surface area contributed by atoms with Crippen molar-refractivity contribution < 1.29 is 4.42 Å². The third kappa shape index (κ3) is 5.41. The molecule has 0 spiro atoms. The number of benzene rings is 1. The molecule has 1 saturated heterocycles. The van der Waals surface area contributed by atoms with E-state index < -0.39 is 0 Å². The van der Waals surface area contributed by atoms with E-state index >= 15 is 0 Å². The van der Waals surface area contributed by atoms with Crippen LogP contribution >= 0.6 is 35.6 Å².